The summed E-state index contributed by atoms with van der Waals surface area (Å²) in [6.07, 6.45) is -4.75. The van der Waals surface area contributed by atoms with Gasteiger partial charge in [0.1, 0.15) is 11.6 Å². The molecule has 0 saturated heterocycles. The molecule has 0 amide bonds. The summed E-state index contributed by atoms with van der Waals surface area (Å²) in [7, 11) is 0. The lowest BCUT2D eigenvalue weighted by molar-refractivity contribution is -0.274. The summed E-state index contributed by atoms with van der Waals surface area (Å²) in [6, 6.07) is 9.48. The topological polar surface area (TPSA) is 9.23 Å². The van der Waals surface area contributed by atoms with Crippen molar-refractivity contribution in [1.82, 2.24) is 0 Å². The molecule has 2 aromatic carbocycles. The monoisotopic (exact) mass is 334 g/mol. The molecule has 0 saturated carbocycles. The Labute approximate surface area is 114 Å². The van der Waals surface area contributed by atoms with Crippen LogP contribution in [0.1, 0.15) is 0 Å². The average molecular weight is 335 g/mol. The number of rotatable bonds is 2. The third kappa shape index (κ3) is 3.96. The van der Waals surface area contributed by atoms with Crippen LogP contribution in [0.5, 0.6) is 5.75 Å². The van der Waals surface area contributed by atoms with Gasteiger partial charge in [0.15, 0.2) is 0 Å². The van der Waals surface area contributed by atoms with Crippen molar-refractivity contribution in [3.8, 4) is 16.9 Å². The van der Waals surface area contributed by atoms with Crippen LogP contribution in [0.2, 0.25) is 0 Å². The number of hydrogen-bond donors (Lipinski definition) is 0. The molecule has 0 N–H and O–H groups in total. The molecule has 0 radical (unpaired) electrons. The minimum absolute atomic E-state index is 0.342. The van der Waals surface area contributed by atoms with Gasteiger partial charge in [0.05, 0.1) is 0 Å². The van der Waals surface area contributed by atoms with Crippen molar-refractivity contribution in [3.05, 3.63) is 52.8 Å². The molecular formula is C13H7BrF4O. The number of benzene rings is 2. The van der Waals surface area contributed by atoms with Crippen LogP contribution >= 0.6 is 15.9 Å². The Hall–Kier alpha value is -1.56. The van der Waals surface area contributed by atoms with Crippen molar-refractivity contribution in [2.24, 2.45) is 0 Å². The molecule has 0 heterocycles. The first kappa shape index (κ1) is 13.9. The fourth-order valence-electron chi connectivity index (χ4n) is 1.59. The van der Waals surface area contributed by atoms with E-state index in [1.807, 2.05) is 0 Å². The van der Waals surface area contributed by atoms with E-state index in [9.17, 15) is 17.6 Å². The zero-order valence-corrected chi connectivity index (χ0v) is 10.9. The summed E-state index contributed by atoms with van der Waals surface area (Å²) in [5.41, 5.74) is 0.890. The van der Waals surface area contributed by atoms with Gasteiger partial charge in [-0.2, -0.15) is 0 Å². The Bertz CT molecular complexity index is 575. The molecule has 1 nitrogen and oxygen atoms in total. The van der Waals surface area contributed by atoms with E-state index >= 15 is 0 Å². The molecule has 0 aliphatic carbocycles. The molecular weight excluding hydrogens is 328 g/mol. The molecule has 0 spiro atoms. The maximum atomic E-state index is 13.2. The molecule has 0 fully saturated rings. The van der Waals surface area contributed by atoms with Crippen LogP contribution in [0.3, 0.4) is 0 Å². The second-order valence-corrected chi connectivity index (χ2v) is 4.65. The summed E-state index contributed by atoms with van der Waals surface area (Å²) in [5.74, 6) is -0.822. The van der Waals surface area contributed by atoms with Gasteiger partial charge in [-0.1, -0.05) is 28.1 Å². The Morgan fingerprint density at radius 3 is 2.32 bits per heavy atom. The predicted molar refractivity (Wildman–Crippen MR) is 66.2 cm³/mol. The zero-order chi connectivity index (χ0) is 14.0. The Morgan fingerprint density at radius 1 is 0.947 bits per heavy atom. The molecule has 0 unspecified atom stereocenters. The van der Waals surface area contributed by atoms with Crippen LogP contribution in [0.4, 0.5) is 17.6 Å². The third-order valence-electron chi connectivity index (χ3n) is 2.26. The minimum atomic E-state index is -4.75. The third-order valence-corrected chi connectivity index (χ3v) is 2.72. The van der Waals surface area contributed by atoms with Crippen molar-refractivity contribution in [2.75, 3.05) is 0 Å². The lowest BCUT2D eigenvalue weighted by Crippen LogP contribution is -2.17. The summed E-state index contributed by atoms with van der Waals surface area (Å²) in [5, 5.41) is 0. The van der Waals surface area contributed by atoms with Crippen LogP contribution in [0.25, 0.3) is 11.1 Å². The highest BCUT2D eigenvalue weighted by Crippen LogP contribution is 2.29. The standard InChI is InChI=1S/C13H7BrF4O/c14-10-4-9(5-11(15)7-10)8-2-1-3-12(6-8)19-13(16,17)18/h1-7H. The van der Waals surface area contributed by atoms with Crippen molar-refractivity contribution >= 4 is 15.9 Å². The van der Waals surface area contributed by atoms with Gasteiger partial charge in [-0.05, 0) is 41.5 Å². The quantitative estimate of drug-likeness (QED) is 0.690. The number of alkyl halides is 3. The van der Waals surface area contributed by atoms with Gasteiger partial charge in [0.2, 0.25) is 0 Å². The molecule has 2 aromatic rings. The smallest absolute Gasteiger partial charge is 0.406 e. The highest BCUT2D eigenvalue weighted by molar-refractivity contribution is 9.10. The molecule has 6 heteroatoms. The molecule has 0 atom stereocenters. The highest BCUT2D eigenvalue weighted by atomic mass is 79.9. The summed E-state index contributed by atoms with van der Waals surface area (Å²) >= 11 is 3.13. The van der Waals surface area contributed by atoms with E-state index in [2.05, 4.69) is 20.7 Å². The van der Waals surface area contributed by atoms with Crippen LogP contribution in [-0.4, -0.2) is 6.36 Å². The molecule has 0 aliphatic rings. The average Bonchev–Trinajstić information content (AvgIpc) is 2.25. The summed E-state index contributed by atoms with van der Waals surface area (Å²) < 4.78 is 53.9. The van der Waals surface area contributed by atoms with E-state index < -0.39 is 12.2 Å². The summed E-state index contributed by atoms with van der Waals surface area (Å²) in [4.78, 5) is 0. The Balaban J connectivity index is 2.37. The van der Waals surface area contributed by atoms with Crippen LogP contribution in [0.15, 0.2) is 46.9 Å². The predicted octanol–water partition coefficient (Wildman–Crippen LogP) is 5.15. The SMILES string of the molecule is Fc1cc(Br)cc(-c2cccc(OC(F)(F)F)c2)c1. The van der Waals surface area contributed by atoms with Gasteiger partial charge < -0.3 is 4.74 Å². The van der Waals surface area contributed by atoms with Gasteiger partial charge in [-0.25, -0.2) is 4.39 Å². The van der Waals surface area contributed by atoms with E-state index in [4.69, 9.17) is 0 Å². The first-order chi connectivity index (χ1) is 8.83. The van der Waals surface area contributed by atoms with Crippen molar-refractivity contribution in [1.29, 1.82) is 0 Å². The second kappa shape index (κ2) is 5.21. The normalized spacial score (nSPS) is 11.4. The van der Waals surface area contributed by atoms with E-state index in [-0.39, 0.29) is 5.75 Å². The van der Waals surface area contributed by atoms with Crippen LogP contribution in [0, 0.1) is 5.82 Å². The van der Waals surface area contributed by atoms with Crippen LogP contribution in [-0.2, 0) is 0 Å². The van der Waals surface area contributed by atoms with Gasteiger partial charge >= 0.3 is 6.36 Å². The van der Waals surface area contributed by atoms with E-state index in [0.29, 0.717) is 15.6 Å². The van der Waals surface area contributed by atoms with E-state index in [0.717, 1.165) is 0 Å². The highest BCUT2D eigenvalue weighted by Gasteiger charge is 2.31. The van der Waals surface area contributed by atoms with Crippen molar-refractivity contribution < 1.29 is 22.3 Å². The summed E-state index contributed by atoms with van der Waals surface area (Å²) in [6.45, 7) is 0. The fraction of sp³-hybridized carbons (Fsp3) is 0.0769. The van der Waals surface area contributed by atoms with Crippen molar-refractivity contribution in [2.45, 2.75) is 6.36 Å². The van der Waals surface area contributed by atoms with Gasteiger partial charge in [-0.3, -0.25) is 0 Å². The molecule has 2 rings (SSSR count). The zero-order valence-electron chi connectivity index (χ0n) is 9.34. The number of hydrogen-bond acceptors (Lipinski definition) is 1. The molecule has 100 valence electrons. The van der Waals surface area contributed by atoms with E-state index in [1.165, 1.54) is 30.3 Å². The van der Waals surface area contributed by atoms with Gasteiger partial charge in [-0.15, -0.1) is 13.2 Å². The minimum Gasteiger partial charge on any atom is -0.406 e. The Kier molecular flexibility index (Phi) is 3.80. The van der Waals surface area contributed by atoms with E-state index in [1.54, 1.807) is 12.1 Å². The molecule has 0 bridgehead atoms. The second-order valence-electron chi connectivity index (χ2n) is 3.73. The Morgan fingerprint density at radius 2 is 1.68 bits per heavy atom. The first-order valence-corrected chi connectivity index (χ1v) is 5.95. The molecule has 19 heavy (non-hydrogen) atoms. The lowest BCUT2D eigenvalue weighted by atomic mass is 10.1. The van der Waals surface area contributed by atoms with Crippen LogP contribution < -0.4 is 4.74 Å². The largest absolute Gasteiger partial charge is 0.573 e. The maximum absolute atomic E-state index is 13.2. The van der Waals surface area contributed by atoms with Gasteiger partial charge in [0, 0.05) is 4.47 Å². The number of ether oxygens (including phenoxy) is 1. The molecule has 0 aliphatic heterocycles. The fourth-order valence-corrected chi connectivity index (χ4v) is 2.06. The molecule has 0 aromatic heterocycles. The van der Waals surface area contributed by atoms with Crippen molar-refractivity contribution in [3.63, 3.8) is 0 Å². The lowest BCUT2D eigenvalue weighted by Gasteiger charge is -2.10. The van der Waals surface area contributed by atoms with Gasteiger partial charge in [0.25, 0.3) is 0 Å². The first-order valence-electron chi connectivity index (χ1n) is 5.16. The number of halogens is 5. The maximum Gasteiger partial charge on any atom is 0.573 e.